The first kappa shape index (κ1) is 18.7. The third-order valence-electron chi connectivity index (χ3n) is 4.31. The highest BCUT2D eigenvalue weighted by molar-refractivity contribution is 7.87. The third kappa shape index (κ3) is 5.19. The Morgan fingerprint density at radius 2 is 1.83 bits per heavy atom. The molecule has 1 saturated carbocycles. The van der Waals surface area contributed by atoms with Crippen LogP contribution in [0.25, 0.3) is 0 Å². The molecule has 24 heavy (non-hydrogen) atoms. The molecule has 0 bridgehead atoms. The van der Waals surface area contributed by atoms with E-state index in [0.717, 1.165) is 31.2 Å². The van der Waals surface area contributed by atoms with Gasteiger partial charge in [0, 0.05) is 25.3 Å². The summed E-state index contributed by atoms with van der Waals surface area (Å²) in [5.41, 5.74) is 1.40. The van der Waals surface area contributed by atoms with Crippen LogP contribution in [0, 0.1) is 0 Å². The molecule has 2 rings (SSSR count). The Hall–Kier alpha value is -1.64. The standard InChI is InChI=1S/C16H25N3O4S/c1-19(15-6-4-3-5-7-15)24(21,22)17-12-13-8-10-14(11-9-13)18-16(20)23-2/h8-11,15,17H,3-7,12H2,1-2H3,(H,18,20). The molecule has 2 N–H and O–H groups in total. The predicted molar refractivity (Wildman–Crippen MR) is 92.9 cm³/mol. The molecule has 0 radical (unpaired) electrons. The summed E-state index contributed by atoms with van der Waals surface area (Å²) in [6.07, 6.45) is 4.65. The zero-order valence-corrected chi connectivity index (χ0v) is 14.9. The molecule has 1 aromatic carbocycles. The van der Waals surface area contributed by atoms with Gasteiger partial charge >= 0.3 is 6.09 Å². The highest BCUT2D eigenvalue weighted by Crippen LogP contribution is 2.23. The summed E-state index contributed by atoms with van der Waals surface area (Å²) in [6.45, 7) is 0.206. The lowest BCUT2D eigenvalue weighted by Crippen LogP contribution is -2.44. The van der Waals surface area contributed by atoms with Crippen LogP contribution in [0.5, 0.6) is 0 Å². The molecule has 0 unspecified atom stereocenters. The maximum Gasteiger partial charge on any atom is 0.411 e. The van der Waals surface area contributed by atoms with Crippen LogP contribution in [0.1, 0.15) is 37.7 Å². The first-order chi connectivity index (χ1) is 11.4. The van der Waals surface area contributed by atoms with E-state index in [2.05, 4.69) is 14.8 Å². The fourth-order valence-corrected chi connectivity index (χ4v) is 3.95. The summed E-state index contributed by atoms with van der Waals surface area (Å²) in [6, 6.07) is 7.00. The molecule has 0 heterocycles. The molecule has 0 aromatic heterocycles. The topological polar surface area (TPSA) is 87.7 Å². The molecule has 1 aliphatic carbocycles. The zero-order chi connectivity index (χ0) is 17.6. The van der Waals surface area contributed by atoms with Gasteiger partial charge in [-0.15, -0.1) is 0 Å². The molecule has 0 aliphatic heterocycles. The van der Waals surface area contributed by atoms with Gasteiger partial charge in [-0.25, -0.2) is 4.79 Å². The first-order valence-electron chi connectivity index (χ1n) is 8.09. The molecule has 1 fully saturated rings. The van der Waals surface area contributed by atoms with E-state index in [1.54, 1.807) is 31.3 Å². The van der Waals surface area contributed by atoms with E-state index in [1.807, 2.05) is 0 Å². The highest BCUT2D eigenvalue weighted by Gasteiger charge is 2.27. The predicted octanol–water partition coefficient (Wildman–Crippen LogP) is 2.46. The lowest BCUT2D eigenvalue weighted by Gasteiger charge is -2.30. The highest BCUT2D eigenvalue weighted by atomic mass is 32.2. The lowest BCUT2D eigenvalue weighted by molar-refractivity contribution is 0.187. The van der Waals surface area contributed by atoms with Gasteiger partial charge in [0.05, 0.1) is 7.11 Å². The number of rotatable bonds is 6. The van der Waals surface area contributed by atoms with Crippen LogP contribution in [-0.2, 0) is 21.5 Å². The number of amides is 1. The second kappa shape index (κ2) is 8.46. The van der Waals surface area contributed by atoms with Gasteiger partial charge in [0.2, 0.25) is 0 Å². The fraction of sp³-hybridized carbons (Fsp3) is 0.562. The summed E-state index contributed by atoms with van der Waals surface area (Å²) in [5, 5.41) is 2.54. The summed E-state index contributed by atoms with van der Waals surface area (Å²) < 4.78 is 33.4. The maximum atomic E-state index is 12.4. The Labute approximate surface area is 143 Å². The van der Waals surface area contributed by atoms with Crippen molar-refractivity contribution >= 4 is 22.0 Å². The lowest BCUT2D eigenvalue weighted by atomic mass is 9.96. The minimum absolute atomic E-state index is 0.0860. The molecule has 0 spiro atoms. The Balaban J connectivity index is 1.90. The molecular formula is C16H25N3O4S. The van der Waals surface area contributed by atoms with Gasteiger partial charge in [0.1, 0.15) is 0 Å². The molecule has 7 nitrogen and oxygen atoms in total. The van der Waals surface area contributed by atoms with Gasteiger partial charge in [0.15, 0.2) is 0 Å². The number of nitrogens with one attached hydrogen (secondary N) is 2. The number of nitrogens with zero attached hydrogens (tertiary/aromatic N) is 1. The first-order valence-corrected chi connectivity index (χ1v) is 9.53. The van der Waals surface area contributed by atoms with Crippen molar-refractivity contribution in [1.29, 1.82) is 0 Å². The van der Waals surface area contributed by atoms with E-state index < -0.39 is 16.3 Å². The van der Waals surface area contributed by atoms with E-state index in [0.29, 0.717) is 5.69 Å². The van der Waals surface area contributed by atoms with Gasteiger partial charge in [-0.1, -0.05) is 31.4 Å². The van der Waals surface area contributed by atoms with E-state index in [1.165, 1.54) is 17.8 Å². The molecule has 0 atom stereocenters. The van der Waals surface area contributed by atoms with Crippen molar-refractivity contribution < 1.29 is 17.9 Å². The minimum atomic E-state index is -3.50. The summed E-state index contributed by atoms with van der Waals surface area (Å²) in [7, 11) is -0.564. The van der Waals surface area contributed by atoms with Crippen LogP contribution in [-0.4, -0.2) is 39.0 Å². The van der Waals surface area contributed by atoms with Crippen molar-refractivity contribution in [3.8, 4) is 0 Å². The number of benzene rings is 1. The number of hydrogen-bond donors (Lipinski definition) is 2. The zero-order valence-electron chi connectivity index (χ0n) is 14.1. The molecule has 1 aromatic rings. The summed E-state index contributed by atoms with van der Waals surface area (Å²) in [5.74, 6) is 0. The van der Waals surface area contributed by atoms with E-state index in [-0.39, 0.29) is 12.6 Å². The molecule has 134 valence electrons. The second-order valence-corrected chi connectivity index (χ2v) is 7.76. The van der Waals surface area contributed by atoms with Crippen LogP contribution >= 0.6 is 0 Å². The van der Waals surface area contributed by atoms with Gasteiger partial charge in [-0.2, -0.15) is 17.4 Å². The molecule has 0 saturated heterocycles. The Bertz CT molecular complexity index is 640. The Morgan fingerprint density at radius 1 is 1.21 bits per heavy atom. The van der Waals surface area contributed by atoms with Gasteiger partial charge in [0.25, 0.3) is 10.2 Å². The Kier molecular flexibility index (Phi) is 6.59. The quantitative estimate of drug-likeness (QED) is 0.820. The average Bonchev–Trinajstić information content (AvgIpc) is 2.61. The van der Waals surface area contributed by atoms with Crippen molar-refractivity contribution in [1.82, 2.24) is 9.03 Å². The van der Waals surface area contributed by atoms with Crippen molar-refractivity contribution in [3.05, 3.63) is 29.8 Å². The molecule has 8 heteroatoms. The monoisotopic (exact) mass is 355 g/mol. The van der Waals surface area contributed by atoms with Crippen LogP contribution in [0.15, 0.2) is 24.3 Å². The van der Waals surface area contributed by atoms with E-state index >= 15 is 0 Å². The third-order valence-corrected chi connectivity index (χ3v) is 5.88. The minimum Gasteiger partial charge on any atom is -0.453 e. The fourth-order valence-electron chi connectivity index (χ4n) is 2.79. The van der Waals surface area contributed by atoms with Crippen LogP contribution in [0.3, 0.4) is 0 Å². The second-order valence-electron chi connectivity index (χ2n) is 5.95. The van der Waals surface area contributed by atoms with Crippen molar-refractivity contribution in [3.63, 3.8) is 0 Å². The number of methoxy groups -OCH3 is 1. The van der Waals surface area contributed by atoms with Crippen molar-refractivity contribution in [2.24, 2.45) is 0 Å². The summed E-state index contributed by atoms with van der Waals surface area (Å²) >= 11 is 0. The van der Waals surface area contributed by atoms with E-state index in [4.69, 9.17) is 0 Å². The SMILES string of the molecule is COC(=O)Nc1ccc(CNS(=O)(=O)N(C)C2CCCCC2)cc1. The number of anilines is 1. The van der Waals surface area contributed by atoms with Crippen LogP contribution < -0.4 is 10.0 Å². The molecule has 1 amide bonds. The van der Waals surface area contributed by atoms with E-state index in [9.17, 15) is 13.2 Å². The molecule has 1 aliphatic rings. The normalized spacial score (nSPS) is 16.1. The van der Waals surface area contributed by atoms with Gasteiger partial charge < -0.3 is 4.74 Å². The largest absolute Gasteiger partial charge is 0.453 e. The molecular weight excluding hydrogens is 330 g/mol. The Morgan fingerprint density at radius 3 is 2.42 bits per heavy atom. The number of carbonyl (C=O) groups is 1. The average molecular weight is 355 g/mol. The smallest absolute Gasteiger partial charge is 0.411 e. The van der Waals surface area contributed by atoms with Crippen molar-refractivity contribution in [2.45, 2.75) is 44.7 Å². The number of ether oxygens (including phenoxy) is 1. The van der Waals surface area contributed by atoms with Gasteiger partial charge in [-0.05, 0) is 30.5 Å². The van der Waals surface area contributed by atoms with Crippen molar-refractivity contribution in [2.75, 3.05) is 19.5 Å². The number of carbonyl (C=O) groups excluding carboxylic acids is 1. The van der Waals surface area contributed by atoms with Crippen LogP contribution in [0.2, 0.25) is 0 Å². The number of hydrogen-bond acceptors (Lipinski definition) is 4. The van der Waals surface area contributed by atoms with Crippen LogP contribution in [0.4, 0.5) is 10.5 Å². The maximum absolute atomic E-state index is 12.4. The summed E-state index contributed by atoms with van der Waals surface area (Å²) in [4.78, 5) is 11.1. The van der Waals surface area contributed by atoms with Gasteiger partial charge in [-0.3, -0.25) is 5.32 Å².